The van der Waals surface area contributed by atoms with Crippen molar-refractivity contribution < 1.29 is 49.1 Å². The Kier molecular flexibility index (Phi) is 5.17. The van der Waals surface area contributed by atoms with Crippen molar-refractivity contribution in [1.82, 2.24) is 0 Å². The Morgan fingerprint density at radius 3 is 2.21 bits per heavy atom. The number of fused-ring (bicyclic) bond motifs is 2. The van der Waals surface area contributed by atoms with E-state index in [1.54, 1.807) is 13.8 Å². The van der Waals surface area contributed by atoms with Gasteiger partial charge in [0.15, 0.2) is 24.5 Å². The van der Waals surface area contributed by atoms with Crippen LogP contribution in [-0.2, 0) is 28.7 Å². The highest BCUT2D eigenvalue weighted by atomic mass is 17.3. The molecule has 5 heterocycles. The second kappa shape index (κ2) is 7.34. The van der Waals surface area contributed by atoms with E-state index in [-0.39, 0.29) is 17.8 Å². The molecular weight excluding hydrogens is 448 g/mol. The quantitative estimate of drug-likeness (QED) is 0.415. The van der Waals surface area contributed by atoms with Gasteiger partial charge in [-0.25, -0.2) is 9.78 Å². The van der Waals surface area contributed by atoms with Gasteiger partial charge in [0.05, 0.1) is 6.10 Å². The summed E-state index contributed by atoms with van der Waals surface area (Å²) in [7, 11) is 0. The second-order valence-corrected chi connectivity index (χ2v) is 12.2. The first-order chi connectivity index (χ1) is 15.9. The van der Waals surface area contributed by atoms with Crippen molar-refractivity contribution in [2.75, 3.05) is 0 Å². The van der Waals surface area contributed by atoms with Gasteiger partial charge in [0.1, 0.15) is 23.9 Å². The predicted octanol–water partition coefficient (Wildman–Crippen LogP) is 0.789. The molecule has 7 rings (SSSR count). The zero-order valence-corrected chi connectivity index (χ0v) is 20.4. The maximum absolute atomic E-state index is 10.7. The zero-order valence-electron chi connectivity index (χ0n) is 20.4. The summed E-state index contributed by atoms with van der Waals surface area (Å²) in [6.07, 6.45) is -4.83. The number of hydrogen-bond donors (Lipinski definition) is 4. The first-order valence-electron chi connectivity index (χ1n) is 12.6. The van der Waals surface area contributed by atoms with Crippen LogP contribution in [-0.4, -0.2) is 80.7 Å². The van der Waals surface area contributed by atoms with Crippen molar-refractivity contribution >= 4 is 0 Å². The van der Waals surface area contributed by atoms with E-state index in [4.69, 9.17) is 28.7 Å². The molecule has 0 aromatic carbocycles. The Labute approximate surface area is 199 Å². The highest BCUT2D eigenvalue weighted by molar-refractivity contribution is 5.28. The summed E-state index contributed by atoms with van der Waals surface area (Å²) in [6.45, 7) is 9.58. The predicted molar refractivity (Wildman–Crippen MR) is 113 cm³/mol. The Bertz CT molecular complexity index is 839. The molecule has 5 aliphatic heterocycles. The molecule has 14 atom stereocenters. The van der Waals surface area contributed by atoms with Crippen LogP contribution >= 0.6 is 0 Å². The topological polar surface area (TPSA) is 136 Å². The van der Waals surface area contributed by atoms with E-state index in [9.17, 15) is 20.4 Å². The van der Waals surface area contributed by atoms with E-state index in [1.165, 1.54) is 0 Å². The van der Waals surface area contributed by atoms with Crippen LogP contribution in [0.15, 0.2) is 0 Å². The van der Waals surface area contributed by atoms with E-state index < -0.39 is 65.7 Å². The molecule has 2 bridgehead atoms. The van der Waals surface area contributed by atoms with Crippen molar-refractivity contribution in [1.29, 1.82) is 0 Å². The molecule has 7 fully saturated rings. The molecule has 7 aliphatic rings. The average molecular weight is 487 g/mol. The van der Waals surface area contributed by atoms with Crippen LogP contribution in [0, 0.1) is 29.1 Å². The second-order valence-electron chi connectivity index (χ2n) is 12.2. The lowest BCUT2D eigenvalue weighted by Crippen LogP contribution is -2.71. The lowest BCUT2D eigenvalue weighted by Gasteiger charge is -2.60. The molecule has 10 nitrogen and oxygen atoms in total. The molecule has 194 valence electrons. The molecule has 0 aromatic heterocycles. The van der Waals surface area contributed by atoms with Crippen molar-refractivity contribution in [3.63, 3.8) is 0 Å². The Balaban J connectivity index is 1.29. The van der Waals surface area contributed by atoms with Gasteiger partial charge in [-0.1, -0.05) is 27.7 Å². The van der Waals surface area contributed by atoms with E-state index in [0.29, 0.717) is 12.3 Å². The third-order valence-corrected chi connectivity index (χ3v) is 10.1. The summed E-state index contributed by atoms with van der Waals surface area (Å²) in [5.74, 6) is -0.417. The van der Waals surface area contributed by atoms with Crippen LogP contribution in [0.5, 0.6) is 0 Å². The van der Waals surface area contributed by atoms with Gasteiger partial charge in [-0.2, -0.15) is 0 Å². The first-order valence-corrected chi connectivity index (χ1v) is 12.6. The third kappa shape index (κ3) is 2.81. The molecule has 0 amide bonds. The number of aliphatic hydroxyl groups excluding tert-OH is 4. The number of rotatable bonds is 2. The van der Waals surface area contributed by atoms with Gasteiger partial charge in [0.25, 0.3) is 0 Å². The molecular formula is C24H38O10. The Morgan fingerprint density at radius 1 is 0.824 bits per heavy atom. The van der Waals surface area contributed by atoms with Crippen molar-refractivity contribution in [3.05, 3.63) is 0 Å². The van der Waals surface area contributed by atoms with Gasteiger partial charge in [-0.15, -0.1) is 0 Å². The zero-order chi connectivity index (χ0) is 24.4. The Morgan fingerprint density at radius 2 is 1.53 bits per heavy atom. The summed E-state index contributed by atoms with van der Waals surface area (Å²) in [4.78, 5) is 12.0. The summed E-state index contributed by atoms with van der Waals surface area (Å²) in [5.41, 5.74) is -2.98. The summed E-state index contributed by atoms with van der Waals surface area (Å²) in [5, 5.41) is 42.4. The number of aliphatic hydroxyl groups is 4. The van der Waals surface area contributed by atoms with Crippen LogP contribution in [0.1, 0.15) is 60.3 Å². The van der Waals surface area contributed by atoms with Gasteiger partial charge in [0, 0.05) is 23.7 Å². The molecule has 4 N–H and O–H groups in total. The normalized spacial score (nSPS) is 62.2. The minimum atomic E-state index is -1.54. The molecule has 2 spiro atoms. The fraction of sp³-hybridized carbons (Fsp3) is 1.00. The molecule has 2 aliphatic carbocycles. The van der Waals surface area contributed by atoms with Gasteiger partial charge in [-0.05, 0) is 38.0 Å². The van der Waals surface area contributed by atoms with E-state index in [1.807, 2.05) is 13.8 Å². The van der Waals surface area contributed by atoms with Gasteiger partial charge in [-0.3, -0.25) is 0 Å². The fourth-order valence-electron chi connectivity index (χ4n) is 7.69. The van der Waals surface area contributed by atoms with E-state index >= 15 is 0 Å². The van der Waals surface area contributed by atoms with Crippen molar-refractivity contribution in [2.24, 2.45) is 29.1 Å². The monoisotopic (exact) mass is 486 g/mol. The molecule has 5 saturated heterocycles. The highest BCUT2D eigenvalue weighted by Crippen LogP contribution is 2.64. The van der Waals surface area contributed by atoms with E-state index in [0.717, 1.165) is 19.3 Å². The molecule has 1 unspecified atom stereocenters. The molecule has 34 heavy (non-hydrogen) atoms. The molecule has 0 aromatic rings. The maximum atomic E-state index is 10.7. The summed E-state index contributed by atoms with van der Waals surface area (Å²) in [6, 6.07) is 0. The lowest BCUT2D eigenvalue weighted by atomic mass is 9.58. The first kappa shape index (κ1) is 24.0. The smallest absolute Gasteiger partial charge is 0.201 e. The van der Waals surface area contributed by atoms with E-state index in [2.05, 4.69) is 6.92 Å². The molecule has 2 saturated carbocycles. The third-order valence-electron chi connectivity index (χ3n) is 10.1. The number of hydrogen-bond acceptors (Lipinski definition) is 10. The number of ether oxygens (including phenoxy) is 4. The van der Waals surface area contributed by atoms with Crippen LogP contribution in [0.2, 0.25) is 0 Å². The lowest BCUT2D eigenvalue weighted by molar-refractivity contribution is -0.579. The minimum absolute atomic E-state index is 0.0215. The van der Waals surface area contributed by atoms with Gasteiger partial charge in [0.2, 0.25) is 5.79 Å². The van der Waals surface area contributed by atoms with Crippen molar-refractivity contribution in [3.8, 4) is 0 Å². The van der Waals surface area contributed by atoms with Crippen LogP contribution < -0.4 is 0 Å². The summed E-state index contributed by atoms with van der Waals surface area (Å²) < 4.78 is 24.9. The average Bonchev–Trinajstić information content (AvgIpc) is 3.32. The largest absolute Gasteiger partial charge is 0.389 e. The molecule has 10 heteroatoms. The van der Waals surface area contributed by atoms with Crippen LogP contribution in [0.4, 0.5) is 0 Å². The fourth-order valence-corrected chi connectivity index (χ4v) is 7.69. The van der Waals surface area contributed by atoms with Gasteiger partial charge < -0.3 is 39.4 Å². The van der Waals surface area contributed by atoms with Crippen LogP contribution in [0.3, 0.4) is 0 Å². The summed E-state index contributed by atoms with van der Waals surface area (Å²) >= 11 is 0. The SMILES string of the molecule is C[C@H]1[C@@H](O[C@@H]2O[C@]3(C(O)C3(C)C)[C@@H](O)[C@H](O)[C@H]2O)O[C@@H]2O[C@@]3(C)CC[C@H]4[C@H](C)CC[C@@H]1[C@@]24OO3. The standard InChI is InChI=1S/C24H38O10/c1-10-6-7-13-11(2)17(30-20-23(13)12(10)8-9-22(5,32-20)33-34-23)29-18-15(26)14(25)16(27)24(31-18)19(28)21(24,3)4/h10-20,25-28H,6-9H2,1-5H3/t10-,11-,12+,13+,14-,15-,16+,17+,18-,19?,20-,22-,23-,24+/m1/s1. The Hall–Kier alpha value is -0.400. The molecule has 0 radical (unpaired) electrons. The van der Waals surface area contributed by atoms with Gasteiger partial charge >= 0.3 is 0 Å². The minimum Gasteiger partial charge on any atom is -0.389 e. The highest BCUT2D eigenvalue weighted by Gasteiger charge is 2.80. The maximum Gasteiger partial charge on any atom is 0.201 e. The van der Waals surface area contributed by atoms with Crippen molar-refractivity contribution in [2.45, 2.75) is 121 Å². The van der Waals surface area contributed by atoms with Crippen LogP contribution in [0.25, 0.3) is 0 Å².